The first-order valence-electron chi connectivity index (χ1n) is 10.9. The number of methoxy groups -OCH3 is 1. The van der Waals surface area contributed by atoms with Gasteiger partial charge < -0.3 is 64.5 Å². The average molecular weight is 518 g/mol. The van der Waals surface area contributed by atoms with Crippen LogP contribution in [-0.4, -0.2) is 129 Å². The van der Waals surface area contributed by atoms with E-state index >= 15 is 0 Å². The topological polar surface area (TPSA) is 225 Å². The molecular formula is C22H30O14. The van der Waals surface area contributed by atoms with E-state index in [1.807, 2.05) is 0 Å². The second-order valence-corrected chi connectivity index (χ2v) is 8.27. The second kappa shape index (κ2) is 11.8. The van der Waals surface area contributed by atoms with Gasteiger partial charge in [-0.15, -0.1) is 0 Å². The third kappa shape index (κ3) is 5.78. The van der Waals surface area contributed by atoms with Gasteiger partial charge >= 0.3 is 5.97 Å². The summed E-state index contributed by atoms with van der Waals surface area (Å²) >= 11 is 0. The van der Waals surface area contributed by atoms with Gasteiger partial charge in [0.05, 0.1) is 13.7 Å². The predicted octanol–water partition coefficient (Wildman–Crippen LogP) is -3.42. The van der Waals surface area contributed by atoms with Gasteiger partial charge in [-0.05, 0) is 23.8 Å². The van der Waals surface area contributed by atoms with Crippen LogP contribution in [0.2, 0.25) is 0 Å². The van der Waals surface area contributed by atoms with Crippen molar-refractivity contribution in [3.8, 4) is 11.5 Å². The number of phenolic OH excluding ortho intramolecular Hbond substituents is 1. The Bertz CT molecular complexity index is 922. The van der Waals surface area contributed by atoms with E-state index in [1.54, 1.807) is 0 Å². The minimum atomic E-state index is -2.36. The molecule has 0 spiro atoms. The van der Waals surface area contributed by atoms with Gasteiger partial charge in [0.1, 0.15) is 55.9 Å². The van der Waals surface area contributed by atoms with Crippen LogP contribution in [0.4, 0.5) is 0 Å². The molecule has 0 aromatic heterocycles. The molecule has 0 unspecified atom stereocenters. The summed E-state index contributed by atoms with van der Waals surface area (Å²) in [5.41, 5.74) is 0.515. The summed E-state index contributed by atoms with van der Waals surface area (Å²) in [6, 6.07) is 4.37. The number of aromatic hydroxyl groups is 1. The number of hydrogen-bond acceptors (Lipinski definition) is 14. The summed E-state index contributed by atoms with van der Waals surface area (Å²) in [5.74, 6) is -3.09. The molecule has 1 aromatic rings. The molecule has 36 heavy (non-hydrogen) atoms. The van der Waals surface area contributed by atoms with E-state index in [0.29, 0.717) is 5.56 Å². The second-order valence-electron chi connectivity index (χ2n) is 8.27. The fourth-order valence-electron chi connectivity index (χ4n) is 3.79. The molecule has 2 aliphatic rings. The number of rotatable bonds is 9. The van der Waals surface area contributed by atoms with Gasteiger partial charge in [-0.3, -0.25) is 0 Å². The van der Waals surface area contributed by atoms with Crippen LogP contribution in [0.15, 0.2) is 24.3 Å². The number of ether oxygens (including phenoxy) is 5. The molecule has 14 heteroatoms. The van der Waals surface area contributed by atoms with Gasteiger partial charge in [0.2, 0.25) is 5.79 Å². The van der Waals surface area contributed by atoms with E-state index in [9.17, 15) is 45.6 Å². The maximum Gasteiger partial charge on any atom is 0.330 e. The molecule has 0 saturated carbocycles. The Kier molecular flexibility index (Phi) is 9.23. The highest BCUT2D eigenvalue weighted by Crippen LogP contribution is 2.36. The number of phenols is 1. The molecular weight excluding hydrogens is 488 g/mol. The molecule has 0 amide bonds. The van der Waals surface area contributed by atoms with Crippen LogP contribution in [0.5, 0.6) is 11.5 Å². The van der Waals surface area contributed by atoms with Crippen molar-refractivity contribution in [1.29, 1.82) is 0 Å². The molecule has 8 N–H and O–H groups in total. The van der Waals surface area contributed by atoms with Crippen LogP contribution in [0.1, 0.15) is 5.56 Å². The lowest BCUT2D eigenvalue weighted by Gasteiger charge is -2.43. The molecule has 2 fully saturated rings. The smallest absolute Gasteiger partial charge is 0.330 e. The van der Waals surface area contributed by atoms with Crippen molar-refractivity contribution in [2.75, 3.05) is 26.9 Å². The lowest BCUT2D eigenvalue weighted by molar-refractivity contribution is -0.383. The molecule has 0 bridgehead atoms. The lowest BCUT2D eigenvalue weighted by Crippen LogP contribution is -2.62. The van der Waals surface area contributed by atoms with Crippen LogP contribution in [0, 0.1) is 0 Å². The Hall–Kier alpha value is -2.37. The van der Waals surface area contributed by atoms with Crippen molar-refractivity contribution in [3.05, 3.63) is 29.8 Å². The van der Waals surface area contributed by atoms with Gasteiger partial charge in [0.15, 0.2) is 17.8 Å². The molecule has 2 heterocycles. The highest BCUT2D eigenvalue weighted by Gasteiger charge is 2.58. The minimum Gasteiger partial charge on any atom is -0.504 e. The third-order valence-corrected chi connectivity index (χ3v) is 5.90. The molecule has 202 valence electrons. The summed E-state index contributed by atoms with van der Waals surface area (Å²) in [6.45, 7) is -2.36. The Balaban J connectivity index is 1.63. The fraction of sp³-hybridized carbons (Fsp3) is 0.591. The van der Waals surface area contributed by atoms with Crippen molar-refractivity contribution in [2.24, 2.45) is 0 Å². The Labute approximate surface area is 205 Å². The maximum atomic E-state index is 12.1. The van der Waals surface area contributed by atoms with Crippen molar-refractivity contribution in [1.82, 2.24) is 0 Å². The van der Waals surface area contributed by atoms with E-state index in [-0.39, 0.29) is 11.5 Å². The van der Waals surface area contributed by atoms with Crippen molar-refractivity contribution in [3.63, 3.8) is 0 Å². The largest absolute Gasteiger partial charge is 0.504 e. The molecule has 0 aliphatic carbocycles. The lowest BCUT2D eigenvalue weighted by atomic mass is 9.99. The van der Waals surface area contributed by atoms with Gasteiger partial charge in [-0.2, -0.15) is 0 Å². The molecule has 1 aromatic carbocycles. The van der Waals surface area contributed by atoms with E-state index < -0.39 is 80.6 Å². The molecule has 14 nitrogen and oxygen atoms in total. The third-order valence-electron chi connectivity index (χ3n) is 5.90. The van der Waals surface area contributed by atoms with Crippen LogP contribution < -0.4 is 4.74 Å². The summed E-state index contributed by atoms with van der Waals surface area (Å²) in [6.07, 6.45) is -11.0. The monoisotopic (exact) mass is 518 g/mol. The number of hydrogen-bond donors (Lipinski definition) is 8. The van der Waals surface area contributed by atoms with Crippen LogP contribution in [-0.2, 0) is 23.7 Å². The molecule has 0 radical (unpaired) electrons. The number of aliphatic hydroxyl groups excluding tert-OH is 7. The zero-order chi connectivity index (χ0) is 26.6. The molecule has 2 aliphatic heterocycles. The Morgan fingerprint density at radius 1 is 1.06 bits per heavy atom. The average Bonchev–Trinajstić information content (AvgIpc) is 3.12. The van der Waals surface area contributed by atoms with E-state index in [2.05, 4.69) is 0 Å². The SMILES string of the molecule is COc1cc(/C=C/C(=O)OC[C@@H]2O[C@](CO)(O[C@H]3O[C@@H](CO)[C@@H](O)[C@@H](O)[C@H]3O)[C@@H](O)[C@@H]2O)ccc1O. The highest BCUT2D eigenvalue weighted by molar-refractivity contribution is 5.87. The van der Waals surface area contributed by atoms with Crippen molar-refractivity contribution in [2.45, 2.75) is 54.8 Å². The fourth-order valence-corrected chi connectivity index (χ4v) is 3.79. The van der Waals surface area contributed by atoms with Gasteiger partial charge in [-0.1, -0.05) is 6.07 Å². The van der Waals surface area contributed by atoms with Gasteiger partial charge in [-0.25, -0.2) is 4.79 Å². The van der Waals surface area contributed by atoms with Gasteiger partial charge in [0.25, 0.3) is 0 Å². The Morgan fingerprint density at radius 3 is 2.42 bits per heavy atom. The molecule has 9 atom stereocenters. The molecule has 3 rings (SSSR count). The summed E-state index contributed by atoms with van der Waals surface area (Å²) in [4.78, 5) is 12.1. The number of carbonyl (C=O) groups excluding carboxylic acids is 1. The number of aliphatic hydroxyl groups is 7. The van der Waals surface area contributed by atoms with Crippen LogP contribution in [0.3, 0.4) is 0 Å². The first-order chi connectivity index (χ1) is 17.1. The normalized spacial score (nSPS) is 36.8. The number of esters is 1. The first-order valence-corrected chi connectivity index (χ1v) is 10.9. The zero-order valence-corrected chi connectivity index (χ0v) is 19.2. The minimum absolute atomic E-state index is 0.0820. The van der Waals surface area contributed by atoms with E-state index in [0.717, 1.165) is 6.08 Å². The van der Waals surface area contributed by atoms with Crippen molar-refractivity contribution >= 4 is 12.0 Å². The Morgan fingerprint density at radius 2 is 1.78 bits per heavy atom. The van der Waals surface area contributed by atoms with E-state index in [4.69, 9.17) is 23.7 Å². The van der Waals surface area contributed by atoms with E-state index in [1.165, 1.54) is 31.4 Å². The number of benzene rings is 1. The standard InChI is InChI=1S/C22H30O14/c1-32-12-6-10(2-4-11(12)25)3-5-15(26)33-8-14-17(28)20(31)22(9-24,35-14)36-21-19(30)18(29)16(27)13(7-23)34-21/h2-6,13-14,16-21,23-25,27-31H,7-9H2,1H3/b5-3+/t13-,14-,16+,17+,18+,19+,20-,21+,22+/m0/s1. The predicted molar refractivity (Wildman–Crippen MR) is 116 cm³/mol. The van der Waals surface area contributed by atoms with Crippen LogP contribution in [0.25, 0.3) is 6.08 Å². The quantitative estimate of drug-likeness (QED) is 0.118. The number of carbonyl (C=O) groups is 1. The van der Waals surface area contributed by atoms with Crippen molar-refractivity contribution < 1.29 is 69.3 Å². The van der Waals surface area contributed by atoms with Gasteiger partial charge in [0, 0.05) is 6.08 Å². The maximum absolute atomic E-state index is 12.1. The first kappa shape index (κ1) is 28.2. The van der Waals surface area contributed by atoms with Crippen LogP contribution >= 0.6 is 0 Å². The zero-order valence-electron chi connectivity index (χ0n) is 19.2. The molecule has 2 saturated heterocycles. The summed E-state index contributed by atoms with van der Waals surface area (Å²) < 4.78 is 26.0. The summed E-state index contributed by atoms with van der Waals surface area (Å²) in [5, 5.41) is 79.6. The summed E-state index contributed by atoms with van der Waals surface area (Å²) in [7, 11) is 1.37. The highest BCUT2D eigenvalue weighted by atomic mass is 16.8.